The highest BCUT2D eigenvalue weighted by Gasteiger charge is 2.15. The van der Waals surface area contributed by atoms with Crippen molar-refractivity contribution in [3.63, 3.8) is 0 Å². The molecule has 0 spiro atoms. The second kappa shape index (κ2) is 7.87. The van der Waals surface area contributed by atoms with E-state index < -0.39 is 6.04 Å². The molecule has 0 fully saturated rings. The van der Waals surface area contributed by atoms with E-state index in [4.69, 9.17) is 9.15 Å². The topological polar surface area (TPSA) is 80.6 Å². The van der Waals surface area contributed by atoms with Crippen LogP contribution in [0.2, 0.25) is 0 Å². The Morgan fingerprint density at radius 3 is 2.64 bits per heavy atom. The van der Waals surface area contributed by atoms with Gasteiger partial charge in [0.05, 0.1) is 12.8 Å². The smallest absolute Gasteiger partial charge is 0.258 e. The second-order valence-electron chi connectivity index (χ2n) is 4.69. The van der Waals surface area contributed by atoms with Gasteiger partial charge in [-0.1, -0.05) is 18.2 Å². The summed E-state index contributed by atoms with van der Waals surface area (Å²) in [6.07, 6.45) is 1.54. The van der Waals surface area contributed by atoms with Crippen molar-refractivity contribution in [1.82, 2.24) is 10.6 Å². The quantitative estimate of drug-likeness (QED) is 0.812. The highest BCUT2D eigenvalue weighted by Crippen LogP contribution is 2.07. The van der Waals surface area contributed by atoms with Gasteiger partial charge >= 0.3 is 0 Å². The van der Waals surface area contributed by atoms with Crippen LogP contribution >= 0.6 is 0 Å². The molecule has 0 saturated heterocycles. The average molecular weight is 302 g/mol. The Balaban J connectivity index is 1.70. The molecule has 1 atom stereocenters. The molecule has 1 heterocycles. The lowest BCUT2D eigenvalue weighted by Gasteiger charge is -2.14. The lowest BCUT2D eigenvalue weighted by Crippen LogP contribution is -2.46. The fraction of sp³-hybridized carbons (Fsp3) is 0.250. The molecule has 6 heteroatoms. The Kier molecular flexibility index (Phi) is 5.59. The van der Waals surface area contributed by atoms with Gasteiger partial charge in [-0.15, -0.1) is 0 Å². The summed E-state index contributed by atoms with van der Waals surface area (Å²) >= 11 is 0. The number of benzene rings is 1. The number of carbonyl (C=O) groups is 2. The number of amides is 2. The van der Waals surface area contributed by atoms with Crippen LogP contribution in [0.5, 0.6) is 5.75 Å². The number of rotatable bonds is 7. The highest BCUT2D eigenvalue weighted by atomic mass is 16.5. The highest BCUT2D eigenvalue weighted by molar-refractivity contribution is 5.87. The third-order valence-electron chi connectivity index (χ3n) is 2.90. The maximum absolute atomic E-state index is 11.8. The molecule has 0 radical (unpaired) electrons. The lowest BCUT2D eigenvalue weighted by molar-refractivity contribution is -0.129. The van der Waals surface area contributed by atoms with Crippen molar-refractivity contribution in [2.75, 3.05) is 6.61 Å². The minimum atomic E-state index is -0.651. The summed E-state index contributed by atoms with van der Waals surface area (Å²) in [6.45, 7) is 1.75. The summed E-state index contributed by atoms with van der Waals surface area (Å²) in [5.41, 5.74) is 0. The van der Waals surface area contributed by atoms with E-state index >= 15 is 0 Å². The Morgan fingerprint density at radius 2 is 1.95 bits per heavy atom. The van der Waals surface area contributed by atoms with Gasteiger partial charge in [0.1, 0.15) is 17.6 Å². The zero-order valence-electron chi connectivity index (χ0n) is 12.2. The van der Waals surface area contributed by atoms with E-state index in [1.807, 2.05) is 18.2 Å². The van der Waals surface area contributed by atoms with Crippen LogP contribution < -0.4 is 15.4 Å². The average Bonchev–Trinajstić information content (AvgIpc) is 3.05. The minimum Gasteiger partial charge on any atom is -0.484 e. The van der Waals surface area contributed by atoms with Crippen LogP contribution in [-0.2, 0) is 16.1 Å². The van der Waals surface area contributed by atoms with E-state index in [9.17, 15) is 9.59 Å². The van der Waals surface area contributed by atoms with E-state index in [0.29, 0.717) is 11.5 Å². The Bertz CT molecular complexity index is 596. The zero-order chi connectivity index (χ0) is 15.8. The molecule has 0 unspecified atom stereocenters. The van der Waals surface area contributed by atoms with Crippen LogP contribution in [0.15, 0.2) is 53.1 Å². The van der Waals surface area contributed by atoms with Gasteiger partial charge in [-0.25, -0.2) is 0 Å². The Labute approximate surface area is 128 Å². The summed E-state index contributed by atoms with van der Waals surface area (Å²) in [6, 6.07) is 11.9. The molecule has 22 heavy (non-hydrogen) atoms. The normalized spacial score (nSPS) is 11.5. The molecule has 0 aliphatic rings. The molecule has 1 aromatic heterocycles. The predicted molar refractivity (Wildman–Crippen MR) is 80.1 cm³/mol. The fourth-order valence-corrected chi connectivity index (χ4v) is 1.75. The third kappa shape index (κ3) is 4.97. The second-order valence-corrected chi connectivity index (χ2v) is 4.69. The van der Waals surface area contributed by atoms with Crippen molar-refractivity contribution in [2.45, 2.75) is 19.5 Å². The van der Waals surface area contributed by atoms with E-state index in [1.54, 1.807) is 31.2 Å². The molecule has 2 aromatic rings. The van der Waals surface area contributed by atoms with Gasteiger partial charge in [-0.3, -0.25) is 9.59 Å². The number of nitrogens with one attached hydrogen (secondary N) is 2. The molecule has 1 aromatic carbocycles. The SMILES string of the molecule is C[C@H](NC(=O)COc1ccccc1)C(=O)NCc1ccco1. The molecule has 6 nitrogen and oxygen atoms in total. The molecule has 2 amide bonds. The van der Waals surface area contributed by atoms with Crippen molar-refractivity contribution in [3.8, 4) is 5.75 Å². The number of carbonyl (C=O) groups excluding carboxylic acids is 2. The van der Waals surface area contributed by atoms with Gasteiger partial charge in [0.15, 0.2) is 6.61 Å². The number of hydrogen-bond acceptors (Lipinski definition) is 4. The lowest BCUT2D eigenvalue weighted by atomic mass is 10.3. The van der Waals surface area contributed by atoms with Crippen molar-refractivity contribution in [2.24, 2.45) is 0 Å². The minimum absolute atomic E-state index is 0.139. The van der Waals surface area contributed by atoms with Crippen molar-refractivity contribution < 1.29 is 18.7 Å². The number of ether oxygens (including phenoxy) is 1. The van der Waals surface area contributed by atoms with E-state index in [0.717, 1.165) is 0 Å². The van der Waals surface area contributed by atoms with Gasteiger partial charge in [0.25, 0.3) is 5.91 Å². The van der Waals surface area contributed by atoms with Gasteiger partial charge in [0, 0.05) is 0 Å². The largest absolute Gasteiger partial charge is 0.484 e. The maximum atomic E-state index is 11.8. The first-order chi connectivity index (χ1) is 10.6. The van der Waals surface area contributed by atoms with Crippen LogP contribution in [0.1, 0.15) is 12.7 Å². The van der Waals surface area contributed by atoms with Crippen LogP contribution in [0.3, 0.4) is 0 Å². The maximum Gasteiger partial charge on any atom is 0.258 e. The van der Waals surface area contributed by atoms with Crippen molar-refractivity contribution in [1.29, 1.82) is 0 Å². The van der Waals surface area contributed by atoms with Crippen LogP contribution in [-0.4, -0.2) is 24.5 Å². The molecule has 2 N–H and O–H groups in total. The summed E-state index contributed by atoms with van der Waals surface area (Å²) in [7, 11) is 0. The Hall–Kier alpha value is -2.76. The molecule has 0 saturated carbocycles. The summed E-state index contributed by atoms with van der Waals surface area (Å²) in [5.74, 6) is 0.612. The molecule has 0 aliphatic carbocycles. The van der Waals surface area contributed by atoms with E-state index in [2.05, 4.69) is 10.6 Å². The third-order valence-corrected chi connectivity index (χ3v) is 2.90. The first-order valence-electron chi connectivity index (χ1n) is 6.92. The van der Waals surface area contributed by atoms with Gasteiger partial charge < -0.3 is 19.8 Å². The van der Waals surface area contributed by atoms with Gasteiger partial charge in [-0.05, 0) is 31.2 Å². The van der Waals surface area contributed by atoms with E-state index in [1.165, 1.54) is 6.26 Å². The standard InChI is InChI=1S/C16H18N2O4/c1-12(16(20)17-10-14-8-5-9-21-14)18-15(19)11-22-13-6-3-2-4-7-13/h2-9,12H,10-11H2,1H3,(H,17,20)(H,18,19)/t12-/m0/s1. The van der Waals surface area contributed by atoms with E-state index in [-0.39, 0.29) is 25.0 Å². The Morgan fingerprint density at radius 1 is 1.18 bits per heavy atom. The first kappa shape index (κ1) is 15.6. The fourth-order valence-electron chi connectivity index (χ4n) is 1.75. The van der Waals surface area contributed by atoms with Crippen LogP contribution in [0.25, 0.3) is 0 Å². The first-order valence-corrected chi connectivity index (χ1v) is 6.92. The monoisotopic (exact) mass is 302 g/mol. The molecular formula is C16H18N2O4. The zero-order valence-corrected chi connectivity index (χ0v) is 12.2. The predicted octanol–water partition coefficient (Wildman–Crippen LogP) is 1.48. The molecule has 2 rings (SSSR count). The van der Waals surface area contributed by atoms with Gasteiger partial charge in [0.2, 0.25) is 5.91 Å². The molecule has 0 bridgehead atoms. The molecular weight excluding hydrogens is 284 g/mol. The number of para-hydroxylation sites is 1. The molecule has 0 aliphatic heterocycles. The van der Waals surface area contributed by atoms with Crippen molar-refractivity contribution in [3.05, 3.63) is 54.5 Å². The van der Waals surface area contributed by atoms with Crippen LogP contribution in [0, 0.1) is 0 Å². The summed E-state index contributed by atoms with van der Waals surface area (Å²) in [5, 5.41) is 5.25. The van der Waals surface area contributed by atoms with Gasteiger partial charge in [-0.2, -0.15) is 0 Å². The van der Waals surface area contributed by atoms with Crippen molar-refractivity contribution >= 4 is 11.8 Å². The summed E-state index contributed by atoms with van der Waals surface area (Å²) in [4.78, 5) is 23.6. The molecule has 116 valence electrons. The number of furan rings is 1. The number of hydrogen-bond donors (Lipinski definition) is 2. The van der Waals surface area contributed by atoms with Crippen LogP contribution in [0.4, 0.5) is 0 Å². The summed E-state index contributed by atoms with van der Waals surface area (Å²) < 4.78 is 10.4.